The van der Waals surface area contributed by atoms with Gasteiger partial charge in [-0.25, -0.2) is 0 Å². The van der Waals surface area contributed by atoms with Crippen molar-refractivity contribution in [2.45, 2.75) is 13.0 Å². The maximum Gasteiger partial charge on any atom is 0.0794 e. The smallest absolute Gasteiger partial charge is 0.0794 e. The van der Waals surface area contributed by atoms with Crippen LogP contribution in [-0.2, 0) is 6.54 Å². The van der Waals surface area contributed by atoms with Crippen LogP contribution in [0.4, 0.5) is 0 Å². The van der Waals surface area contributed by atoms with E-state index in [-0.39, 0.29) is 0 Å². The second kappa shape index (κ2) is 5.91. The van der Waals surface area contributed by atoms with Gasteiger partial charge in [0.05, 0.1) is 5.51 Å². The van der Waals surface area contributed by atoms with Gasteiger partial charge < -0.3 is 5.32 Å². The lowest BCUT2D eigenvalue weighted by molar-refractivity contribution is 0.687. The first kappa shape index (κ1) is 9.41. The van der Waals surface area contributed by atoms with Crippen LogP contribution < -0.4 is 5.32 Å². The summed E-state index contributed by atoms with van der Waals surface area (Å²) in [7, 11) is 0. The molecule has 1 aromatic heterocycles. The number of rotatable bonds is 5. The third-order valence-corrected chi connectivity index (χ3v) is 2.81. The topological polar surface area (TPSA) is 24.9 Å². The maximum atomic E-state index is 4.00. The van der Waals surface area contributed by atoms with Gasteiger partial charge in [-0.2, -0.15) is 0 Å². The monoisotopic (exact) mass is 282 g/mol. The molecular weight excluding hydrogens is 271 g/mol. The van der Waals surface area contributed by atoms with E-state index in [0.717, 1.165) is 13.1 Å². The van der Waals surface area contributed by atoms with Gasteiger partial charge in [0.15, 0.2) is 0 Å². The molecule has 0 bridgehead atoms. The number of hydrogen-bond acceptors (Lipinski definition) is 3. The van der Waals surface area contributed by atoms with Crippen molar-refractivity contribution in [1.82, 2.24) is 10.3 Å². The molecule has 1 N–H and O–H groups in total. The quantitative estimate of drug-likeness (QED) is 0.508. The minimum Gasteiger partial charge on any atom is -0.312 e. The Hall–Kier alpha value is 0.320. The van der Waals surface area contributed by atoms with E-state index in [1.54, 1.807) is 11.3 Å². The summed E-state index contributed by atoms with van der Waals surface area (Å²) in [4.78, 5) is 5.32. The lowest BCUT2D eigenvalue weighted by Crippen LogP contribution is -2.13. The van der Waals surface area contributed by atoms with Gasteiger partial charge >= 0.3 is 0 Å². The van der Waals surface area contributed by atoms with Crippen LogP contribution in [0.2, 0.25) is 0 Å². The van der Waals surface area contributed by atoms with Gasteiger partial charge in [0.25, 0.3) is 0 Å². The summed E-state index contributed by atoms with van der Waals surface area (Å²) in [6, 6.07) is 0. The van der Waals surface area contributed by atoms with E-state index in [9.17, 15) is 0 Å². The Morgan fingerprint density at radius 2 is 2.55 bits per heavy atom. The molecule has 0 spiro atoms. The number of thiazole rings is 1. The fourth-order valence-electron chi connectivity index (χ4n) is 0.733. The standard InChI is InChI=1S/C7H11IN2S/c8-2-1-3-9-4-7-5-10-6-11-7/h5-6,9H,1-4H2. The maximum absolute atomic E-state index is 4.00. The summed E-state index contributed by atoms with van der Waals surface area (Å²) in [6.45, 7) is 2.09. The zero-order valence-corrected chi connectivity index (χ0v) is 9.19. The summed E-state index contributed by atoms with van der Waals surface area (Å²) in [6.07, 6.45) is 3.17. The molecule has 2 nitrogen and oxygen atoms in total. The van der Waals surface area contributed by atoms with Crippen LogP contribution in [0.1, 0.15) is 11.3 Å². The van der Waals surface area contributed by atoms with Crippen LogP contribution in [-0.4, -0.2) is 16.0 Å². The first-order valence-electron chi connectivity index (χ1n) is 3.57. The third kappa shape index (κ3) is 4.03. The molecule has 1 rings (SSSR count). The largest absolute Gasteiger partial charge is 0.312 e. The van der Waals surface area contributed by atoms with Crippen molar-refractivity contribution < 1.29 is 0 Å². The predicted molar refractivity (Wildman–Crippen MR) is 57.3 cm³/mol. The molecule has 1 aromatic rings. The van der Waals surface area contributed by atoms with Crippen LogP contribution in [0, 0.1) is 0 Å². The third-order valence-electron chi connectivity index (χ3n) is 1.27. The highest BCUT2D eigenvalue weighted by atomic mass is 127. The summed E-state index contributed by atoms with van der Waals surface area (Å²) in [5.74, 6) is 0. The molecule has 1 heterocycles. The number of aromatic nitrogens is 1. The average molecular weight is 282 g/mol. The van der Waals surface area contributed by atoms with Gasteiger partial charge in [0, 0.05) is 22.0 Å². The number of nitrogens with zero attached hydrogens (tertiary/aromatic N) is 1. The van der Waals surface area contributed by atoms with Crippen molar-refractivity contribution in [1.29, 1.82) is 0 Å². The van der Waals surface area contributed by atoms with Crippen molar-refractivity contribution in [2.24, 2.45) is 0 Å². The summed E-state index contributed by atoms with van der Waals surface area (Å²) >= 11 is 4.10. The average Bonchev–Trinajstić information content (AvgIpc) is 2.50. The van der Waals surface area contributed by atoms with Gasteiger partial charge in [-0.05, 0) is 13.0 Å². The Morgan fingerprint density at radius 1 is 1.64 bits per heavy atom. The minimum absolute atomic E-state index is 0.974. The predicted octanol–water partition coefficient (Wildman–Crippen LogP) is 2.06. The summed E-state index contributed by atoms with van der Waals surface area (Å²) in [5, 5.41) is 3.35. The molecule has 0 atom stereocenters. The molecule has 0 unspecified atom stereocenters. The lowest BCUT2D eigenvalue weighted by Gasteiger charge is -1.98. The molecule has 0 aliphatic rings. The lowest BCUT2D eigenvalue weighted by atomic mass is 10.4. The van der Waals surface area contributed by atoms with E-state index in [1.807, 2.05) is 11.7 Å². The van der Waals surface area contributed by atoms with Crippen LogP contribution in [0.5, 0.6) is 0 Å². The van der Waals surface area contributed by atoms with E-state index in [0.29, 0.717) is 0 Å². The highest BCUT2D eigenvalue weighted by Gasteiger charge is 1.91. The zero-order valence-electron chi connectivity index (χ0n) is 6.22. The molecule has 0 saturated heterocycles. The molecule has 0 aliphatic heterocycles. The number of hydrogen-bond donors (Lipinski definition) is 1. The van der Waals surface area contributed by atoms with Crippen molar-refractivity contribution in [2.75, 3.05) is 11.0 Å². The second-order valence-electron chi connectivity index (χ2n) is 2.19. The summed E-state index contributed by atoms with van der Waals surface area (Å²) < 4.78 is 1.23. The number of halogens is 1. The molecule has 0 saturated carbocycles. The minimum atomic E-state index is 0.974. The van der Waals surface area contributed by atoms with E-state index in [4.69, 9.17) is 0 Å². The molecule has 0 aromatic carbocycles. The molecular formula is C7H11IN2S. The number of nitrogens with one attached hydrogen (secondary N) is 1. The fraction of sp³-hybridized carbons (Fsp3) is 0.571. The van der Waals surface area contributed by atoms with Crippen LogP contribution >= 0.6 is 33.9 Å². The van der Waals surface area contributed by atoms with Gasteiger partial charge in [0.2, 0.25) is 0 Å². The molecule has 0 amide bonds. The molecule has 0 radical (unpaired) electrons. The zero-order chi connectivity index (χ0) is 7.94. The van der Waals surface area contributed by atoms with E-state index in [2.05, 4.69) is 32.9 Å². The van der Waals surface area contributed by atoms with Gasteiger partial charge in [0.1, 0.15) is 0 Å². The number of alkyl halides is 1. The SMILES string of the molecule is ICCCNCc1cncs1. The van der Waals surface area contributed by atoms with Crippen LogP contribution in [0.25, 0.3) is 0 Å². The molecule has 62 valence electrons. The van der Waals surface area contributed by atoms with Crippen LogP contribution in [0.15, 0.2) is 11.7 Å². The first-order valence-corrected chi connectivity index (χ1v) is 5.98. The molecule has 0 fully saturated rings. The van der Waals surface area contributed by atoms with Gasteiger partial charge in [-0.3, -0.25) is 4.98 Å². The Morgan fingerprint density at radius 3 is 3.18 bits per heavy atom. The summed E-state index contributed by atoms with van der Waals surface area (Å²) in [5.41, 5.74) is 1.87. The Balaban J connectivity index is 2.04. The highest BCUT2D eigenvalue weighted by Crippen LogP contribution is 2.03. The molecule has 11 heavy (non-hydrogen) atoms. The van der Waals surface area contributed by atoms with Crippen molar-refractivity contribution >= 4 is 33.9 Å². The highest BCUT2D eigenvalue weighted by molar-refractivity contribution is 14.1. The first-order chi connectivity index (χ1) is 5.43. The Labute approximate surface area is 84.6 Å². The molecule has 0 aliphatic carbocycles. The van der Waals surface area contributed by atoms with Gasteiger partial charge in [-0.1, -0.05) is 22.6 Å². The van der Waals surface area contributed by atoms with Crippen molar-refractivity contribution in [3.63, 3.8) is 0 Å². The second-order valence-corrected chi connectivity index (χ2v) is 4.24. The van der Waals surface area contributed by atoms with Crippen LogP contribution in [0.3, 0.4) is 0 Å². The van der Waals surface area contributed by atoms with Crippen molar-refractivity contribution in [3.8, 4) is 0 Å². The fourth-order valence-corrected chi connectivity index (χ4v) is 1.68. The van der Waals surface area contributed by atoms with Crippen molar-refractivity contribution in [3.05, 3.63) is 16.6 Å². The Kier molecular flexibility index (Phi) is 5.05. The van der Waals surface area contributed by atoms with E-state index < -0.39 is 0 Å². The van der Waals surface area contributed by atoms with E-state index >= 15 is 0 Å². The molecule has 4 heteroatoms. The normalized spacial score (nSPS) is 10.3. The van der Waals surface area contributed by atoms with E-state index in [1.165, 1.54) is 15.7 Å². The van der Waals surface area contributed by atoms with Gasteiger partial charge in [-0.15, -0.1) is 11.3 Å². The Bertz CT molecular complexity index is 177.